The van der Waals surface area contributed by atoms with Gasteiger partial charge in [0, 0.05) is 31.0 Å². The lowest BCUT2D eigenvalue weighted by Crippen LogP contribution is -2.42. The van der Waals surface area contributed by atoms with Crippen LogP contribution in [0.15, 0.2) is 36.0 Å². The average molecular weight is 388 g/mol. The van der Waals surface area contributed by atoms with E-state index in [1.807, 2.05) is 41.5 Å². The molecule has 26 heavy (non-hydrogen) atoms. The molecule has 0 atom stereocenters. The predicted molar refractivity (Wildman–Crippen MR) is 103 cm³/mol. The Balaban J connectivity index is 1.42. The second-order valence-electron chi connectivity index (χ2n) is 6.38. The summed E-state index contributed by atoms with van der Waals surface area (Å²) in [5.74, 6) is 0.787. The molecule has 0 spiro atoms. The highest BCUT2D eigenvalue weighted by Gasteiger charge is 2.27. The van der Waals surface area contributed by atoms with Crippen LogP contribution in [-0.4, -0.2) is 40.0 Å². The number of piperidine rings is 1. The van der Waals surface area contributed by atoms with Crippen LogP contribution in [0.2, 0.25) is 5.02 Å². The number of nitrogens with zero attached hydrogens (tertiary/aromatic N) is 3. The van der Waals surface area contributed by atoms with Crippen molar-refractivity contribution in [2.75, 3.05) is 13.1 Å². The van der Waals surface area contributed by atoms with E-state index >= 15 is 0 Å². The summed E-state index contributed by atoms with van der Waals surface area (Å²) < 4.78 is 6.87. The first kappa shape index (κ1) is 17.2. The van der Waals surface area contributed by atoms with E-state index in [-0.39, 0.29) is 12.0 Å². The number of rotatable bonds is 3. The molecule has 3 aromatic rings. The smallest absolute Gasteiger partial charge is 0.274 e. The summed E-state index contributed by atoms with van der Waals surface area (Å²) in [4.78, 5) is 23.3. The lowest BCUT2D eigenvalue weighted by atomic mass is 10.1. The van der Waals surface area contributed by atoms with E-state index in [0.717, 1.165) is 34.4 Å². The summed E-state index contributed by atoms with van der Waals surface area (Å²) in [6.45, 7) is 3.32. The third-order valence-electron chi connectivity index (χ3n) is 4.58. The third kappa shape index (κ3) is 3.39. The Labute approximate surface area is 160 Å². The number of carbonyl (C=O) groups is 1. The second kappa shape index (κ2) is 7.21. The number of amides is 1. The molecule has 0 aliphatic carbocycles. The first-order chi connectivity index (χ1) is 12.6. The second-order valence-corrected chi connectivity index (χ2v) is 7.70. The Morgan fingerprint density at radius 3 is 2.69 bits per heavy atom. The molecule has 0 radical (unpaired) electrons. The molecule has 0 bridgehead atoms. The molecule has 0 unspecified atom stereocenters. The first-order valence-electron chi connectivity index (χ1n) is 8.52. The summed E-state index contributed by atoms with van der Waals surface area (Å²) in [6.07, 6.45) is 3.18. The first-order valence-corrected chi connectivity index (χ1v) is 9.78. The van der Waals surface area contributed by atoms with Crippen LogP contribution in [-0.2, 0) is 0 Å². The van der Waals surface area contributed by atoms with E-state index in [2.05, 4.69) is 9.97 Å². The van der Waals surface area contributed by atoms with E-state index in [1.54, 1.807) is 0 Å². The van der Waals surface area contributed by atoms with Crippen LogP contribution in [0.1, 0.15) is 28.9 Å². The fourth-order valence-corrected chi connectivity index (χ4v) is 4.26. The minimum absolute atomic E-state index is 0.0239. The standard InChI is InChI=1S/C19H18ClN3O2S/c1-12-10-26-18-16(12)21-11-22-17(18)19(24)23-8-6-15(7-9-23)25-14-4-2-13(20)3-5-14/h2-5,10-11,15H,6-9H2,1H3. The van der Waals surface area contributed by atoms with Gasteiger partial charge >= 0.3 is 0 Å². The van der Waals surface area contributed by atoms with Crippen LogP contribution in [0.4, 0.5) is 0 Å². The van der Waals surface area contributed by atoms with E-state index in [4.69, 9.17) is 16.3 Å². The molecule has 3 heterocycles. The van der Waals surface area contributed by atoms with Gasteiger partial charge in [0.2, 0.25) is 0 Å². The maximum atomic E-state index is 12.9. The van der Waals surface area contributed by atoms with Crippen molar-refractivity contribution in [1.29, 1.82) is 0 Å². The molecular formula is C19H18ClN3O2S. The molecule has 1 aliphatic rings. The van der Waals surface area contributed by atoms with Crippen molar-refractivity contribution < 1.29 is 9.53 Å². The molecular weight excluding hydrogens is 370 g/mol. The highest BCUT2D eigenvalue weighted by Crippen LogP contribution is 2.27. The van der Waals surface area contributed by atoms with Gasteiger partial charge in [-0.15, -0.1) is 11.3 Å². The van der Waals surface area contributed by atoms with Gasteiger partial charge in [-0.05, 0) is 42.1 Å². The van der Waals surface area contributed by atoms with Gasteiger partial charge < -0.3 is 9.64 Å². The summed E-state index contributed by atoms with van der Waals surface area (Å²) in [6, 6.07) is 7.38. The maximum Gasteiger partial charge on any atom is 0.274 e. The lowest BCUT2D eigenvalue weighted by molar-refractivity contribution is 0.0592. The third-order valence-corrected chi connectivity index (χ3v) is 5.92. The molecule has 1 amide bonds. The number of aryl methyl sites for hydroxylation is 1. The Kier molecular flexibility index (Phi) is 4.78. The summed E-state index contributed by atoms with van der Waals surface area (Å²) in [7, 11) is 0. The number of fused-ring (bicyclic) bond motifs is 1. The molecule has 4 rings (SSSR count). The molecule has 2 aromatic heterocycles. The number of benzene rings is 1. The number of ether oxygens (including phenoxy) is 1. The topological polar surface area (TPSA) is 55.3 Å². The lowest BCUT2D eigenvalue weighted by Gasteiger charge is -2.32. The van der Waals surface area contributed by atoms with Crippen molar-refractivity contribution in [3.63, 3.8) is 0 Å². The summed E-state index contributed by atoms with van der Waals surface area (Å²) in [5.41, 5.74) is 2.45. The predicted octanol–water partition coefficient (Wildman–Crippen LogP) is 4.34. The van der Waals surface area contributed by atoms with Crippen LogP contribution in [0, 0.1) is 6.92 Å². The largest absolute Gasteiger partial charge is 0.490 e. The Morgan fingerprint density at radius 2 is 1.96 bits per heavy atom. The van der Waals surface area contributed by atoms with Crippen LogP contribution in [0.5, 0.6) is 5.75 Å². The highest BCUT2D eigenvalue weighted by molar-refractivity contribution is 7.17. The quantitative estimate of drug-likeness (QED) is 0.671. The van der Waals surface area contributed by atoms with Crippen LogP contribution >= 0.6 is 22.9 Å². The van der Waals surface area contributed by atoms with Crippen LogP contribution < -0.4 is 4.74 Å². The minimum atomic E-state index is -0.0239. The van der Waals surface area contributed by atoms with Gasteiger partial charge in [0.25, 0.3) is 5.91 Å². The van der Waals surface area contributed by atoms with E-state index in [9.17, 15) is 4.79 Å². The number of thiophene rings is 1. The zero-order valence-electron chi connectivity index (χ0n) is 14.3. The van der Waals surface area contributed by atoms with Gasteiger partial charge in [-0.2, -0.15) is 0 Å². The van der Waals surface area contributed by atoms with Gasteiger partial charge in [0.05, 0.1) is 10.2 Å². The van der Waals surface area contributed by atoms with Crippen molar-refractivity contribution in [3.8, 4) is 5.75 Å². The summed E-state index contributed by atoms with van der Waals surface area (Å²) in [5, 5.41) is 2.71. The van der Waals surface area contributed by atoms with Gasteiger partial charge in [-0.25, -0.2) is 9.97 Å². The molecule has 134 valence electrons. The SMILES string of the molecule is Cc1csc2c(C(=O)N3CCC(Oc4ccc(Cl)cc4)CC3)ncnc12. The van der Waals surface area contributed by atoms with Crippen molar-refractivity contribution in [2.24, 2.45) is 0 Å². The zero-order valence-corrected chi connectivity index (χ0v) is 15.9. The van der Waals surface area contributed by atoms with Crippen LogP contribution in [0.3, 0.4) is 0 Å². The Hall–Kier alpha value is -2.18. The van der Waals surface area contributed by atoms with E-state index in [0.29, 0.717) is 23.8 Å². The Bertz CT molecular complexity index is 934. The van der Waals surface area contributed by atoms with Crippen molar-refractivity contribution in [3.05, 3.63) is 52.3 Å². The number of aromatic nitrogens is 2. The van der Waals surface area contributed by atoms with E-state index < -0.39 is 0 Å². The number of carbonyl (C=O) groups excluding carboxylic acids is 1. The maximum absolute atomic E-state index is 12.9. The van der Waals surface area contributed by atoms with Crippen molar-refractivity contribution in [2.45, 2.75) is 25.9 Å². The zero-order chi connectivity index (χ0) is 18.1. The normalized spacial score (nSPS) is 15.4. The number of likely N-dealkylation sites (tertiary alicyclic amines) is 1. The number of hydrogen-bond donors (Lipinski definition) is 0. The Morgan fingerprint density at radius 1 is 1.23 bits per heavy atom. The molecule has 7 heteroatoms. The van der Waals surface area contributed by atoms with Gasteiger partial charge in [0.1, 0.15) is 23.9 Å². The minimum Gasteiger partial charge on any atom is -0.490 e. The molecule has 0 N–H and O–H groups in total. The van der Waals surface area contributed by atoms with Gasteiger partial charge in [0.15, 0.2) is 0 Å². The molecule has 1 aliphatic heterocycles. The molecule has 1 fully saturated rings. The molecule has 1 aromatic carbocycles. The van der Waals surface area contributed by atoms with Gasteiger partial charge in [-0.3, -0.25) is 4.79 Å². The fraction of sp³-hybridized carbons (Fsp3) is 0.316. The van der Waals surface area contributed by atoms with Crippen LogP contribution in [0.25, 0.3) is 10.2 Å². The molecule has 0 saturated carbocycles. The van der Waals surface area contributed by atoms with Gasteiger partial charge in [-0.1, -0.05) is 11.6 Å². The molecule has 5 nitrogen and oxygen atoms in total. The summed E-state index contributed by atoms with van der Waals surface area (Å²) >= 11 is 7.43. The van der Waals surface area contributed by atoms with Crippen molar-refractivity contribution in [1.82, 2.24) is 14.9 Å². The number of hydrogen-bond acceptors (Lipinski definition) is 5. The average Bonchev–Trinajstić information content (AvgIpc) is 3.05. The van der Waals surface area contributed by atoms with Crippen molar-refractivity contribution >= 4 is 39.1 Å². The fourth-order valence-electron chi connectivity index (χ4n) is 3.15. The highest BCUT2D eigenvalue weighted by atomic mass is 35.5. The van der Waals surface area contributed by atoms with E-state index in [1.165, 1.54) is 17.7 Å². The number of halogens is 1. The molecule has 1 saturated heterocycles. The monoisotopic (exact) mass is 387 g/mol.